The zero-order valence-corrected chi connectivity index (χ0v) is 8.50. The summed E-state index contributed by atoms with van der Waals surface area (Å²) in [5.74, 6) is 0. The molecule has 1 fully saturated rings. The van der Waals surface area contributed by atoms with Gasteiger partial charge in [-0.3, -0.25) is 0 Å². The molecule has 0 N–H and O–H groups in total. The highest BCUT2D eigenvalue weighted by Gasteiger charge is 2.09. The van der Waals surface area contributed by atoms with Crippen molar-refractivity contribution in [3.05, 3.63) is 12.7 Å². The first-order valence-corrected chi connectivity index (χ1v) is 5.34. The fraction of sp³-hybridized carbons (Fsp3) is 0.818. The second-order valence-electron chi connectivity index (χ2n) is 3.59. The summed E-state index contributed by atoms with van der Waals surface area (Å²) >= 11 is 0. The molecule has 76 valence electrons. The van der Waals surface area contributed by atoms with Gasteiger partial charge in [0.1, 0.15) is 0 Å². The summed E-state index contributed by atoms with van der Waals surface area (Å²) in [6.45, 7) is 9.21. The van der Waals surface area contributed by atoms with Gasteiger partial charge >= 0.3 is 0 Å². The Hall–Kier alpha value is -0.340. The summed E-state index contributed by atoms with van der Waals surface area (Å²) in [6, 6.07) is 0. The molecular weight excluding hydrogens is 162 g/mol. The Balaban J connectivity index is 1.80. The van der Waals surface area contributed by atoms with Crippen LogP contribution in [0, 0.1) is 0 Å². The van der Waals surface area contributed by atoms with Crippen LogP contribution in [0.4, 0.5) is 0 Å². The molecule has 0 radical (unpaired) electrons. The van der Waals surface area contributed by atoms with Gasteiger partial charge in [-0.05, 0) is 38.8 Å². The molecule has 0 saturated carbocycles. The second kappa shape index (κ2) is 7.10. The highest BCUT2D eigenvalue weighted by atomic mass is 16.5. The standard InChI is InChI=1S/C11H21NO/c1-2-3-10-13-11-6-9-12-7-4-5-8-12/h2H,1,3-11H2. The number of rotatable bonds is 7. The van der Waals surface area contributed by atoms with Gasteiger partial charge in [-0.15, -0.1) is 6.58 Å². The highest BCUT2D eigenvalue weighted by molar-refractivity contribution is 4.66. The third-order valence-electron chi connectivity index (χ3n) is 2.43. The maximum absolute atomic E-state index is 5.44. The summed E-state index contributed by atoms with van der Waals surface area (Å²) in [5, 5.41) is 0. The Morgan fingerprint density at radius 3 is 2.69 bits per heavy atom. The molecule has 2 heteroatoms. The van der Waals surface area contributed by atoms with Gasteiger partial charge in [-0.2, -0.15) is 0 Å². The third-order valence-corrected chi connectivity index (χ3v) is 2.43. The number of nitrogens with zero attached hydrogens (tertiary/aromatic N) is 1. The number of likely N-dealkylation sites (tertiary alicyclic amines) is 1. The summed E-state index contributed by atoms with van der Waals surface area (Å²) in [5.41, 5.74) is 0. The van der Waals surface area contributed by atoms with E-state index in [-0.39, 0.29) is 0 Å². The van der Waals surface area contributed by atoms with Gasteiger partial charge < -0.3 is 9.64 Å². The molecule has 0 unspecified atom stereocenters. The van der Waals surface area contributed by atoms with E-state index in [2.05, 4.69) is 11.5 Å². The van der Waals surface area contributed by atoms with Crippen LogP contribution in [0.3, 0.4) is 0 Å². The summed E-state index contributed by atoms with van der Waals surface area (Å²) in [4.78, 5) is 2.52. The summed E-state index contributed by atoms with van der Waals surface area (Å²) < 4.78 is 5.44. The predicted molar refractivity (Wildman–Crippen MR) is 55.9 cm³/mol. The highest BCUT2D eigenvalue weighted by Crippen LogP contribution is 2.07. The maximum Gasteiger partial charge on any atom is 0.0500 e. The van der Waals surface area contributed by atoms with Crippen molar-refractivity contribution in [2.45, 2.75) is 25.7 Å². The first-order valence-electron chi connectivity index (χ1n) is 5.34. The van der Waals surface area contributed by atoms with Crippen LogP contribution in [0.5, 0.6) is 0 Å². The van der Waals surface area contributed by atoms with Crippen molar-refractivity contribution in [1.82, 2.24) is 4.90 Å². The van der Waals surface area contributed by atoms with E-state index in [4.69, 9.17) is 4.74 Å². The van der Waals surface area contributed by atoms with Gasteiger partial charge in [0, 0.05) is 19.8 Å². The average Bonchev–Trinajstić information content (AvgIpc) is 2.63. The molecule has 0 aromatic carbocycles. The molecule has 0 aliphatic carbocycles. The van der Waals surface area contributed by atoms with Crippen molar-refractivity contribution in [2.75, 3.05) is 32.8 Å². The maximum atomic E-state index is 5.44. The minimum Gasteiger partial charge on any atom is -0.381 e. The molecule has 0 spiro atoms. The first-order chi connectivity index (χ1) is 6.43. The Morgan fingerprint density at radius 1 is 1.23 bits per heavy atom. The van der Waals surface area contributed by atoms with E-state index in [0.717, 1.165) is 19.6 Å². The van der Waals surface area contributed by atoms with Crippen LogP contribution >= 0.6 is 0 Å². The van der Waals surface area contributed by atoms with Crippen LogP contribution in [-0.2, 0) is 4.74 Å². The molecule has 2 nitrogen and oxygen atoms in total. The molecule has 13 heavy (non-hydrogen) atoms. The van der Waals surface area contributed by atoms with Gasteiger partial charge in [-0.25, -0.2) is 0 Å². The van der Waals surface area contributed by atoms with Gasteiger partial charge in [0.2, 0.25) is 0 Å². The van der Waals surface area contributed by atoms with Crippen molar-refractivity contribution in [3.63, 3.8) is 0 Å². The molecule has 0 amide bonds. The topological polar surface area (TPSA) is 12.5 Å². The monoisotopic (exact) mass is 183 g/mol. The molecule has 0 aromatic rings. The molecular formula is C11H21NO. The number of hydrogen-bond donors (Lipinski definition) is 0. The minimum atomic E-state index is 0.837. The Bertz CT molecular complexity index is 130. The van der Waals surface area contributed by atoms with E-state index in [0.29, 0.717) is 0 Å². The van der Waals surface area contributed by atoms with Crippen molar-refractivity contribution in [2.24, 2.45) is 0 Å². The van der Waals surface area contributed by atoms with Crippen LogP contribution < -0.4 is 0 Å². The first kappa shape index (κ1) is 10.7. The van der Waals surface area contributed by atoms with Crippen LogP contribution in [0.2, 0.25) is 0 Å². The number of ether oxygens (including phenoxy) is 1. The fourth-order valence-corrected chi connectivity index (χ4v) is 1.67. The van der Waals surface area contributed by atoms with E-state index >= 15 is 0 Å². The van der Waals surface area contributed by atoms with Gasteiger partial charge in [0.05, 0.1) is 0 Å². The Morgan fingerprint density at radius 2 is 2.00 bits per heavy atom. The van der Waals surface area contributed by atoms with Crippen molar-refractivity contribution in [1.29, 1.82) is 0 Å². The third kappa shape index (κ3) is 5.06. The van der Waals surface area contributed by atoms with Crippen molar-refractivity contribution < 1.29 is 4.74 Å². The van der Waals surface area contributed by atoms with E-state index < -0.39 is 0 Å². The lowest BCUT2D eigenvalue weighted by Gasteiger charge is -2.13. The lowest BCUT2D eigenvalue weighted by molar-refractivity contribution is 0.127. The smallest absolute Gasteiger partial charge is 0.0500 e. The predicted octanol–water partition coefficient (Wildman–Crippen LogP) is 2.06. The van der Waals surface area contributed by atoms with Gasteiger partial charge in [-0.1, -0.05) is 6.08 Å². The lowest BCUT2D eigenvalue weighted by atomic mass is 10.4. The van der Waals surface area contributed by atoms with E-state index in [1.54, 1.807) is 0 Å². The molecule has 0 atom stereocenters. The summed E-state index contributed by atoms with van der Waals surface area (Å²) in [6.07, 6.45) is 6.83. The van der Waals surface area contributed by atoms with Crippen molar-refractivity contribution >= 4 is 0 Å². The minimum absolute atomic E-state index is 0.837. The fourth-order valence-electron chi connectivity index (χ4n) is 1.67. The van der Waals surface area contributed by atoms with Crippen LogP contribution in [0.1, 0.15) is 25.7 Å². The van der Waals surface area contributed by atoms with E-state index in [1.165, 1.54) is 38.9 Å². The number of hydrogen-bond acceptors (Lipinski definition) is 2. The van der Waals surface area contributed by atoms with E-state index in [9.17, 15) is 0 Å². The molecule has 1 aliphatic rings. The average molecular weight is 183 g/mol. The normalized spacial score (nSPS) is 17.8. The van der Waals surface area contributed by atoms with Crippen LogP contribution in [0.15, 0.2) is 12.7 Å². The zero-order valence-electron chi connectivity index (χ0n) is 8.50. The molecule has 1 rings (SSSR count). The molecule has 0 aromatic heterocycles. The Kier molecular flexibility index (Phi) is 5.87. The molecule has 1 saturated heterocycles. The second-order valence-corrected chi connectivity index (χ2v) is 3.59. The quantitative estimate of drug-likeness (QED) is 0.442. The van der Waals surface area contributed by atoms with E-state index in [1.807, 2.05) is 6.08 Å². The summed E-state index contributed by atoms with van der Waals surface area (Å²) in [7, 11) is 0. The van der Waals surface area contributed by atoms with Crippen LogP contribution in [-0.4, -0.2) is 37.7 Å². The molecule has 0 bridgehead atoms. The van der Waals surface area contributed by atoms with Gasteiger partial charge in [0.15, 0.2) is 0 Å². The lowest BCUT2D eigenvalue weighted by Crippen LogP contribution is -2.21. The van der Waals surface area contributed by atoms with Gasteiger partial charge in [0.25, 0.3) is 0 Å². The SMILES string of the molecule is C=CCCOCCCN1CCCC1. The van der Waals surface area contributed by atoms with Crippen molar-refractivity contribution in [3.8, 4) is 0 Å². The molecule has 1 aliphatic heterocycles. The Labute approximate surface area is 81.6 Å². The van der Waals surface area contributed by atoms with Crippen LogP contribution in [0.25, 0.3) is 0 Å². The molecule has 1 heterocycles. The largest absolute Gasteiger partial charge is 0.381 e. The zero-order chi connectivity index (χ0) is 9.36.